The van der Waals surface area contributed by atoms with Gasteiger partial charge in [-0.2, -0.15) is 0 Å². The lowest BCUT2D eigenvalue weighted by atomic mass is 9.98. The number of hydrogen-bond donors (Lipinski definition) is 2. The van der Waals surface area contributed by atoms with Gasteiger partial charge in [0.25, 0.3) is 0 Å². The molecule has 1 unspecified atom stereocenters. The van der Waals surface area contributed by atoms with E-state index in [0.29, 0.717) is 6.54 Å². The number of urea groups is 1. The lowest BCUT2D eigenvalue weighted by Gasteiger charge is -2.54. The van der Waals surface area contributed by atoms with Gasteiger partial charge in [0.15, 0.2) is 0 Å². The summed E-state index contributed by atoms with van der Waals surface area (Å²) in [5.41, 5.74) is 1.95. The SMILES string of the molecule is CC(CN1C[C@H]2N(C(=O)CN(C)N2C(=O)NCc2ccccc2)[C@@H](CC(=O)O)C1=O)c1ccccc1. The standard InChI is InChI=1S/C26H31N5O5/c1-18(20-11-7-4-8-12-20)15-29-16-22-30(21(25(29)35)13-24(33)34)23(32)17-28(2)31(22)26(36)27-14-19-9-5-3-6-10-19/h3-12,18,21-22H,13-17H2,1-2H3,(H,27,36)(H,33,34)/t18?,21-,22-/m0/s1. The number of carbonyl (C=O) groups is 4. The molecule has 4 amide bonds. The maximum atomic E-state index is 13.4. The predicted octanol–water partition coefficient (Wildman–Crippen LogP) is 1.70. The summed E-state index contributed by atoms with van der Waals surface area (Å²) in [6, 6.07) is 17.5. The smallest absolute Gasteiger partial charge is 0.334 e. The van der Waals surface area contributed by atoms with Crippen molar-refractivity contribution in [3.05, 3.63) is 71.8 Å². The van der Waals surface area contributed by atoms with Gasteiger partial charge in [-0.1, -0.05) is 67.6 Å². The number of piperazine rings is 1. The van der Waals surface area contributed by atoms with Crippen LogP contribution in [-0.4, -0.2) is 87.6 Å². The van der Waals surface area contributed by atoms with Crippen molar-refractivity contribution >= 4 is 23.8 Å². The van der Waals surface area contributed by atoms with Crippen molar-refractivity contribution in [2.45, 2.75) is 38.0 Å². The number of amides is 4. The zero-order valence-electron chi connectivity index (χ0n) is 20.4. The first-order valence-electron chi connectivity index (χ1n) is 11.9. The number of rotatable bonds is 7. The molecule has 2 aliphatic rings. The first-order valence-corrected chi connectivity index (χ1v) is 11.9. The minimum Gasteiger partial charge on any atom is -0.481 e. The highest BCUT2D eigenvalue weighted by Gasteiger charge is 2.51. The van der Waals surface area contributed by atoms with Gasteiger partial charge in [0.1, 0.15) is 12.2 Å². The van der Waals surface area contributed by atoms with Crippen molar-refractivity contribution in [2.24, 2.45) is 0 Å². The number of fused-ring (bicyclic) bond motifs is 1. The van der Waals surface area contributed by atoms with Crippen molar-refractivity contribution in [2.75, 3.05) is 26.7 Å². The van der Waals surface area contributed by atoms with Gasteiger partial charge < -0.3 is 20.2 Å². The summed E-state index contributed by atoms with van der Waals surface area (Å²) in [5.74, 6) is -2.01. The van der Waals surface area contributed by atoms with Crippen LogP contribution in [0.2, 0.25) is 0 Å². The highest BCUT2D eigenvalue weighted by atomic mass is 16.4. The summed E-state index contributed by atoms with van der Waals surface area (Å²) in [4.78, 5) is 54.3. The Balaban J connectivity index is 1.60. The number of likely N-dealkylation sites (N-methyl/N-ethyl adjacent to an activating group) is 1. The van der Waals surface area contributed by atoms with Crippen molar-refractivity contribution in [3.8, 4) is 0 Å². The van der Waals surface area contributed by atoms with E-state index in [4.69, 9.17) is 0 Å². The van der Waals surface area contributed by atoms with Crippen LogP contribution in [0.1, 0.15) is 30.4 Å². The molecule has 0 radical (unpaired) electrons. The second-order valence-corrected chi connectivity index (χ2v) is 9.25. The molecule has 190 valence electrons. The van der Waals surface area contributed by atoms with E-state index >= 15 is 0 Å². The molecular weight excluding hydrogens is 462 g/mol. The van der Waals surface area contributed by atoms with Crippen molar-refractivity contribution in [1.29, 1.82) is 0 Å². The molecule has 0 aliphatic carbocycles. The van der Waals surface area contributed by atoms with Crippen LogP contribution in [0.4, 0.5) is 4.79 Å². The Morgan fingerprint density at radius 2 is 1.69 bits per heavy atom. The first-order chi connectivity index (χ1) is 17.3. The third kappa shape index (κ3) is 5.33. The molecule has 2 aliphatic heterocycles. The quantitative estimate of drug-likeness (QED) is 0.607. The molecule has 2 saturated heterocycles. The molecular formula is C26H31N5O5. The van der Waals surface area contributed by atoms with E-state index in [0.717, 1.165) is 11.1 Å². The minimum absolute atomic E-state index is 0.0236. The van der Waals surface area contributed by atoms with Gasteiger partial charge in [-0.25, -0.2) is 14.8 Å². The predicted molar refractivity (Wildman–Crippen MR) is 131 cm³/mol. The molecule has 2 aromatic carbocycles. The van der Waals surface area contributed by atoms with Crippen LogP contribution in [0.5, 0.6) is 0 Å². The second kappa shape index (κ2) is 10.8. The largest absolute Gasteiger partial charge is 0.481 e. The monoisotopic (exact) mass is 493 g/mol. The number of hydrazine groups is 1. The maximum Gasteiger partial charge on any atom is 0.334 e. The summed E-state index contributed by atoms with van der Waals surface area (Å²) < 4.78 is 0. The highest BCUT2D eigenvalue weighted by molar-refractivity contribution is 5.93. The number of nitrogens with zero attached hydrogens (tertiary/aromatic N) is 4. The van der Waals surface area contributed by atoms with Gasteiger partial charge in [-0.3, -0.25) is 14.4 Å². The molecule has 0 aromatic heterocycles. The number of carboxylic acids is 1. The Labute approximate surface area is 210 Å². The van der Waals surface area contributed by atoms with Crippen LogP contribution in [0.15, 0.2) is 60.7 Å². The zero-order valence-corrected chi connectivity index (χ0v) is 20.4. The maximum absolute atomic E-state index is 13.4. The molecule has 0 saturated carbocycles. The van der Waals surface area contributed by atoms with Crippen molar-refractivity contribution in [3.63, 3.8) is 0 Å². The van der Waals surface area contributed by atoms with E-state index in [2.05, 4.69) is 5.32 Å². The Hall–Kier alpha value is -3.92. The van der Waals surface area contributed by atoms with Crippen LogP contribution in [0.3, 0.4) is 0 Å². The molecule has 10 heteroatoms. The fourth-order valence-corrected chi connectivity index (χ4v) is 4.91. The van der Waals surface area contributed by atoms with E-state index in [9.17, 15) is 24.3 Å². The summed E-state index contributed by atoms with van der Waals surface area (Å²) in [6.45, 7) is 2.56. The summed E-state index contributed by atoms with van der Waals surface area (Å²) in [7, 11) is 1.64. The van der Waals surface area contributed by atoms with Gasteiger partial charge >= 0.3 is 12.0 Å². The molecule has 2 heterocycles. The minimum atomic E-state index is -1.19. The third-order valence-electron chi connectivity index (χ3n) is 6.66. The van der Waals surface area contributed by atoms with Crippen LogP contribution < -0.4 is 5.32 Å². The van der Waals surface area contributed by atoms with E-state index < -0.39 is 36.5 Å². The summed E-state index contributed by atoms with van der Waals surface area (Å²) in [5, 5.41) is 15.4. The van der Waals surface area contributed by atoms with Gasteiger partial charge in [0.05, 0.1) is 19.5 Å². The van der Waals surface area contributed by atoms with E-state index in [-0.39, 0.29) is 31.5 Å². The average molecular weight is 494 g/mol. The molecule has 0 bridgehead atoms. The Morgan fingerprint density at radius 1 is 1.06 bits per heavy atom. The molecule has 3 atom stereocenters. The van der Waals surface area contributed by atoms with Gasteiger partial charge in [-0.15, -0.1) is 0 Å². The van der Waals surface area contributed by atoms with Crippen molar-refractivity contribution < 1.29 is 24.3 Å². The molecule has 0 spiro atoms. The average Bonchev–Trinajstić information content (AvgIpc) is 2.86. The van der Waals surface area contributed by atoms with Gasteiger partial charge in [0, 0.05) is 20.1 Å². The summed E-state index contributed by atoms with van der Waals surface area (Å²) in [6.07, 6.45) is -1.35. The fraction of sp³-hybridized carbons (Fsp3) is 0.385. The van der Waals surface area contributed by atoms with Crippen LogP contribution >= 0.6 is 0 Å². The first kappa shape index (κ1) is 25.2. The van der Waals surface area contributed by atoms with E-state index in [1.165, 1.54) is 14.9 Å². The molecule has 10 nitrogen and oxygen atoms in total. The lowest BCUT2D eigenvalue weighted by Crippen LogP contribution is -2.76. The highest BCUT2D eigenvalue weighted by Crippen LogP contribution is 2.29. The molecule has 2 aromatic rings. The Kier molecular flexibility index (Phi) is 7.54. The number of carbonyl (C=O) groups excluding carboxylic acids is 3. The number of hydrogen-bond acceptors (Lipinski definition) is 5. The van der Waals surface area contributed by atoms with Crippen molar-refractivity contribution in [1.82, 2.24) is 25.1 Å². The Morgan fingerprint density at radius 3 is 2.33 bits per heavy atom. The fourth-order valence-electron chi connectivity index (χ4n) is 4.91. The van der Waals surface area contributed by atoms with Crippen LogP contribution in [0, 0.1) is 0 Å². The zero-order chi connectivity index (χ0) is 25.8. The number of nitrogens with one attached hydrogen (secondary N) is 1. The Bertz CT molecular complexity index is 1110. The number of aliphatic carboxylic acids is 1. The van der Waals surface area contributed by atoms with Crippen LogP contribution in [0.25, 0.3) is 0 Å². The van der Waals surface area contributed by atoms with E-state index in [1.54, 1.807) is 11.9 Å². The second-order valence-electron chi connectivity index (χ2n) is 9.25. The van der Waals surface area contributed by atoms with E-state index in [1.807, 2.05) is 67.6 Å². The number of benzene rings is 2. The van der Waals surface area contributed by atoms with Gasteiger partial charge in [-0.05, 0) is 17.0 Å². The normalized spacial score (nSPS) is 21.2. The number of carboxylic acid groups (broad SMARTS) is 1. The van der Waals surface area contributed by atoms with Crippen LogP contribution in [-0.2, 0) is 20.9 Å². The van der Waals surface area contributed by atoms with Gasteiger partial charge in [0.2, 0.25) is 11.8 Å². The lowest BCUT2D eigenvalue weighted by molar-refractivity contribution is -0.188. The molecule has 2 N–H and O–H groups in total. The third-order valence-corrected chi connectivity index (χ3v) is 6.66. The molecule has 36 heavy (non-hydrogen) atoms. The molecule has 4 rings (SSSR count). The summed E-state index contributed by atoms with van der Waals surface area (Å²) >= 11 is 0. The topological polar surface area (TPSA) is 114 Å². The molecule has 2 fully saturated rings.